The van der Waals surface area contributed by atoms with Crippen molar-refractivity contribution in [2.45, 2.75) is 44.9 Å². The maximum Gasteiger partial charge on any atom is 0.0565 e. The summed E-state index contributed by atoms with van der Waals surface area (Å²) in [5.74, 6) is 0.815. The van der Waals surface area contributed by atoms with Crippen LogP contribution in [0.3, 0.4) is 0 Å². The second kappa shape index (κ2) is 6.38. The molecule has 23 heavy (non-hydrogen) atoms. The zero-order valence-electron chi connectivity index (χ0n) is 14.1. The fourth-order valence-electron chi connectivity index (χ4n) is 4.41. The minimum atomic E-state index is 0.633. The Bertz CT molecular complexity index is 635. The third kappa shape index (κ3) is 3.23. The van der Waals surface area contributed by atoms with Crippen molar-refractivity contribution < 1.29 is 0 Å². The summed E-state index contributed by atoms with van der Waals surface area (Å²) in [6, 6.07) is 7.96. The van der Waals surface area contributed by atoms with Gasteiger partial charge in [-0.3, -0.25) is 14.5 Å². The fourth-order valence-corrected chi connectivity index (χ4v) is 5.34. The van der Waals surface area contributed by atoms with E-state index in [9.17, 15) is 0 Å². The summed E-state index contributed by atoms with van der Waals surface area (Å²) in [7, 11) is 2.32. The summed E-state index contributed by atoms with van der Waals surface area (Å²) in [5.41, 5.74) is 0. The van der Waals surface area contributed by atoms with E-state index in [4.69, 9.17) is 0 Å². The molecule has 2 aromatic heterocycles. The number of likely N-dealkylation sites (tertiary alicyclic amines) is 2. The van der Waals surface area contributed by atoms with Crippen molar-refractivity contribution in [2.24, 2.45) is 5.92 Å². The van der Waals surface area contributed by atoms with Gasteiger partial charge in [0.15, 0.2) is 0 Å². The van der Waals surface area contributed by atoms with Crippen molar-refractivity contribution in [3.8, 4) is 0 Å². The van der Waals surface area contributed by atoms with Crippen molar-refractivity contribution in [1.82, 2.24) is 19.6 Å². The summed E-state index contributed by atoms with van der Waals surface area (Å²) in [5, 5.41) is 4.39. The van der Waals surface area contributed by atoms with Crippen LogP contribution in [-0.4, -0.2) is 51.8 Å². The molecule has 0 aliphatic carbocycles. The van der Waals surface area contributed by atoms with Crippen LogP contribution >= 0.6 is 11.3 Å². The van der Waals surface area contributed by atoms with Gasteiger partial charge in [0.25, 0.3) is 0 Å². The second-order valence-corrected chi connectivity index (χ2v) is 8.52. The highest BCUT2D eigenvalue weighted by molar-refractivity contribution is 7.11. The summed E-state index contributed by atoms with van der Waals surface area (Å²) >= 11 is 1.95. The molecule has 0 amide bonds. The third-order valence-electron chi connectivity index (χ3n) is 5.58. The van der Waals surface area contributed by atoms with Gasteiger partial charge in [-0.25, -0.2) is 0 Å². The molecule has 1 unspecified atom stereocenters. The van der Waals surface area contributed by atoms with Gasteiger partial charge < -0.3 is 0 Å². The van der Waals surface area contributed by atoms with Gasteiger partial charge in [-0.2, -0.15) is 5.10 Å². The van der Waals surface area contributed by atoms with E-state index in [-0.39, 0.29) is 0 Å². The van der Waals surface area contributed by atoms with Gasteiger partial charge in [0.05, 0.1) is 6.54 Å². The Kier molecular flexibility index (Phi) is 4.26. The van der Waals surface area contributed by atoms with E-state index >= 15 is 0 Å². The van der Waals surface area contributed by atoms with Crippen molar-refractivity contribution in [3.05, 3.63) is 40.3 Å². The molecular formula is C18H26N4S. The van der Waals surface area contributed by atoms with E-state index in [2.05, 4.69) is 51.9 Å². The van der Waals surface area contributed by atoms with Crippen LogP contribution in [0.2, 0.25) is 0 Å². The van der Waals surface area contributed by atoms with E-state index in [0.717, 1.165) is 25.0 Å². The largest absolute Gasteiger partial charge is 0.298 e. The predicted molar refractivity (Wildman–Crippen MR) is 94.6 cm³/mol. The molecule has 0 spiro atoms. The van der Waals surface area contributed by atoms with Crippen molar-refractivity contribution in [2.75, 3.05) is 20.1 Å². The topological polar surface area (TPSA) is 24.3 Å². The molecule has 3 atom stereocenters. The second-order valence-electron chi connectivity index (χ2n) is 7.15. The highest BCUT2D eigenvalue weighted by Gasteiger charge is 2.41. The number of nitrogens with zero attached hydrogens (tertiary/aromatic N) is 4. The van der Waals surface area contributed by atoms with Gasteiger partial charge in [0.1, 0.15) is 0 Å². The summed E-state index contributed by atoms with van der Waals surface area (Å²) in [6.07, 6.45) is 6.58. The van der Waals surface area contributed by atoms with Crippen molar-refractivity contribution >= 4 is 11.3 Å². The van der Waals surface area contributed by atoms with E-state index < -0.39 is 0 Å². The lowest BCUT2D eigenvalue weighted by molar-refractivity contribution is 0.110. The first kappa shape index (κ1) is 15.4. The van der Waals surface area contributed by atoms with Crippen LogP contribution in [0.5, 0.6) is 0 Å². The zero-order chi connectivity index (χ0) is 15.8. The van der Waals surface area contributed by atoms with Crippen LogP contribution < -0.4 is 0 Å². The first-order valence-electron chi connectivity index (χ1n) is 8.66. The van der Waals surface area contributed by atoms with Gasteiger partial charge in [0.2, 0.25) is 0 Å². The number of piperidine rings is 1. The average Bonchev–Trinajstić information content (AvgIpc) is 3.24. The zero-order valence-corrected chi connectivity index (χ0v) is 14.9. The van der Waals surface area contributed by atoms with E-state index in [1.165, 1.54) is 35.7 Å². The Balaban J connectivity index is 1.38. The maximum absolute atomic E-state index is 4.39. The molecule has 0 bridgehead atoms. The Morgan fingerprint density at radius 3 is 3.00 bits per heavy atom. The molecule has 4 heterocycles. The van der Waals surface area contributed by atoms with E-state index in [1.54, 1.807) is 0 Å². The molecule has 5 heteroatoms. The lowest BCUT2D eigenvalue weighted by atomic mass is 9.92. The first-order chi connectivity index (χ1) is 11.2. The molecule has 0 aromatic carbocycles. The lowest BCUT2D eigenvalue weighted by Crippen LogP contribution is -2.45. The Morgan fingerprint density at radius 1 is 1.35 bits per heavy atom. The smallest absolute Gasteiger partial charge is 0.0565 e. The van der Waals surface area contributed by atoms with E-state index in [0.29, 0.717) is 6.04 Å². The number of thiophene rings is 1. The maximum atomic E-state index is 4.39. The minimum absolute atomic E-state index is 0.633. The predicted octanol–water partition coefficient (Wildman–Crippen LogP) is 2.85. The Labute approximate surface area is 142 Å². The molecule has 2 aliphatic rings. The fraction of sp³-hybridized carbons (Fsp3) is 0.611. The number of fused-ring (bicyclic) bond motifs is 1. The number of hydrogen-bond donors (Lipinski definition) is 0. The minimum Gasteiger partial charge on any atom is -0.298 e. The number of aryl methyl sites for hydroxylation is 1. The molecule has 0 N–H and O–H groups in total. The van der Waals surface area contributed by atoms with Gasteiger partial charge >= 0.3 is 0 Å². The summed E-state index contributed by atoms with van der Waals surface area (Å²) in [6.45, 7) is 6.85. The van der Waals surface area contributed by atoms with Gasteiger partial charge in [-0.15, -0.1) is 11.3 Å². The standard InChI is InChI=1S/C18H26N4S/c1-14-4-5-17(23-14)13-21-9-6-18-15(11-21)10-16(20(18)2)12-22-8-3-7-19-22/h3-5,7-8,15-16,18H,6,9-13H2,1-2H3/t15-,16?,18+/m0/s1. The van der Waals surface area contributed by atoms with Crippen LogP contribution in [0, 0.1) is 12.8 Å². The summed E-state index contributed by atoms with van der Waals surface area (Å²) in [4.78, 5) is 8.23. The molecule has 2 aliphatic heterocycles. The van der Waals surface area contributed by atoms with Crippen LogP contribution in [0.15, 0.2) is 30.6 Å². The quantitative estimate of drug-likeness (QED) is 0.861. The van der Waals surface area contributed by atoms with Crippen LogP contribution in [0.1, 0.15) is 22.6 Å². The molecule has 124 valence electrons. The number of likely N-dealkylation sites (N-methyl/N-ethyl adjacent to an activating group) is 1. The number of aromatic nitrogens is 2. The molecule has 0 saturated carbocycles. The van der Waals surface area contributed by atoms with Gasteiger partial charge in [-0.05, 0) is 50.9 Å². The van der Waals surface area contributed by atoms with Crippen LogP contribution in [0.25, 0.3) is 0 Å². The van der Waals surface area contributed by atoms with Gasteiger partial charge in [0, 0.05) is 53.9 Å². The van der Waals surface area contributed by atoms with Crippen LogP contribution in [-0.2, 0) is 13.1 Å². The van der Waals surface area contributed by atoms with Crippen molar-refractivity contribution in [3.63, 3.8) is 0 Å². The monoisotopic (exact) mass is 330 g/mol. The molecule has 4 nitrogen and oxygen atoms in total. The normalized spacial score (nSPS) is 29.0. The molecule has 0 radical (unpaired) electrons. The van der Waals surface area contributed by atoms with E-state index in [1.807, 2.05) is 23.6 Å². The highest BCUT2D eigenvalue weighted by atomic mass is 32.1. The summed E-state index contributed by atoms with van der Waals surface area (Å²) < 4.78 is 2.09. The SMILES string of the molecule is Cc1ccc(CN2CC[C@@H]3[C@@H](CC(Cn4cccn4)N3C)C2)s1. The average molecular weight is 331 g/mol. The molecule has 4 rings (SSSR count). The molecule has 2 aromatic rings. The Hall–Kier alpha value is -1.17. The third-order valence-corrected chi connectivity index (χ3v) is 6.57. The van der Waals surface area contributed by atoms with Crippen LogP contribution in [0.4, 0.5) is 0 Å². The number of rotatable bonds is 4. The Morgan fingerprint density at radius 2 is 2.26 bits per heavy atom. The molecule has 2 fully saturated rings. The highest BCUT2D eigenvalue weighted by Crippen LogP contribution is 2.35. The molecular weight excluding hydrogens is 304 g/mol. The lowest BCUT2D eigenvalue weighted by Gasteiger charge is -2.37. The number of hydrogen-bond acceptors (Lipinski definition) is 4. The van der Waals surface area contributed by atoms with Crippen molar-refractivity contribution in [1.29, 1.82) is 0 Å². The van der Waals surface area contributed by atoms with Gasteiger partial charge in [-0.1, -0.05) is 0 Å². The molecule has 2 saturated heterocycles. The first-order valence-corrected chi connectivity index (χ1v) is 9.48.